The first-order valence-electron chi connectivity index (χ1n) is 4.79. The molecule has 0 unspecified atom stereocenters. The summed E-state index contributed by atoms with van der Waals surface area (Å²) < 4.78 is 0. The highest BCUT2D eigenvalue weighted by molar-refractivity contribution is 6.01. The van der Waals surface area contributed by atoms with Crippen LogP contribution in [0.5, 0.6) is 0 Å². The van der Waals surface area contributed by atoms with Crippen molar-refractivity contribution in [2.45, 2.75) is 13.8 Å². The maximum Gasteiger partial charge on any atom is 0.297 e. The molecule has 82 valence electrons. The van der Waals surface area contributed by atoms with Crippen LogP contribution in [0.3, 0.4) is 0 Å². The summed E-state index contributed by atoms with van der Waals surface area (Å²) >= 11 is 0. The zero-order valence-electron chi connectivity index (χ0n) is 8.98. The first-order chi connectivity index (χ1) is 7.66. The van der Waals surface area contributed by atoms with E-state index in [0.717, 1.165) is 11.3 Å². The van der Waals surface area contributed by atoms with Gasteiger partial charge < -0.3 is 5.32 Å². The monoisotopic (exact) mass is 217 g/mol. The summed E-state index contributed by atoms with van der Waals surface area (Å²) in [6, 6.07) is 5.68. The van der Waals surface area contributed by atoms with Crippen LogP contribution in [0.25, 0.3) is 0 Å². The molecular weight excluding hydrogens is 206 g/mol. The van der Waals surface area contributed by atoms with Gasteiger partial charge in [-0.25, -0.2) is 0 Å². The van der Waals surface area contributed by atoms with Gasteiger partial charge in [-0.3, -0.25) is 4.79 Å². The molecule has 6 nitrogen and oxygen atoms in total. The second kappa shape index (κ2) is 4.09. The molecule has 0 atom stereocenters. The Balaban J connectivity index is 2.15. The number of hydrogen-bond acceptors (Lipinski definition) is 4. The zero-order chi connectivity index (χ0) is 11.5. The second-order valence-electron chi connectivity index (χ2n) is 3.49. The van der Waals surface area contributed by atoms with Gasteiger partial charge in [0.25, 0.3) is 11.7 Å². The van der Waals surface area contributed by atoms with E-state index in [0.29, 0.717) is 0 Å². The van der Waals surface area contributed by atoms with Crippen molar-refractivity contribution < 1.29 is 4.79 Å². The van der Waals surface area contributed by atoms with E-state index in [9.17, 15) is 4.79 Å². The van der Waals surface area contributed by atoms with E-state index >= 15 is 0 Å². The van der Waals surface area contributed by atoms with Crippen LogP contribution < -0.4 is 5.32 Å². The smallest absolute Gasteiger partial charge is 0.297 e. The average molecular weight is 217 g/mol. The van der Waals surface area contributed by atoms with Gasteiger partial charge in [0.2, 0.25) is 0 Å². The molecule has 1 heterocycles. The minimum atomic E-state index is -0.378. The summed E-state index contributed by atoms with van der Waals surface area (Å²) in [6.07, 6.45) is 0. The van der Waals surface area contributed by atoms with E-state index < -0.39 is 0 Å². The number of aryl methyl sites for hydroxylation is 2. The predicted molar refractivity (Wildman–Crippen MR) is 58.0 cm³/mol. The molecule has 16 heavy (non-hydrogen) atoms. The van der Waals surface area contributed by atoms with Crippen molar-refractivity contribution >= 4 is 11.6 Å². The fourth-order valence-electron chi connectivity index (χ4n) is 1.26. The van der Waals surface area contributed by atoms with Crippen molar-refractivity contribution in [1.82, 2.24) is 20.6 Å². The van der Waals surface area contributed by atoms with Gasteiger partial charge in [-0.2, -0.15) is 5.21 Å². The van der Waals surface area contributed by atoms with Crippen LogP contribution in [0.15, 0.2) is 18.2 Å². The molecule has 1 aromatic carbocycles. The lowest BCUT2D eigenvalue weighted by atomic mass is 10.1. The Morgan fingerprint density at radius 3 is 2.75 bits per heavy atom. The molecule has 0 saturated carbocycles. The Bertz CT molecular complexity index is 506. The van der Waals surface area contributed by atoms with Crippen molar-refractivity contribution in [1.29, 1.82) is 0 Å². The zero-order valence-corrected chi connectivity index (χ0v) is 8.98. The van der Waals surface area contributed by atoms with Crippen LogP contribution in [-0.4, -0.2) is 26.5 Å². The van der Waals surface area contributed by atoms with Gasteiger partial charge in [0.15, 0.2) is 0 Å². The summed E-state index contributed by atoms with van der Waals surface area (Å²) in [5.74, 6) is -0.352. The maximum atomic E-state index is 11.6. The van der Waals surface area contributed by atoms with E-state index in [1.54, 1.807) is 0 Å². The number of carbonyl (C=O) groups is 1. The third-order valence-corrected chi connectivity index (χ3v) is 2.31. The Hall–Kier alpha value is -2.24. The lowest BCUT2D eigenvalue weighted by molar-refractivity contribution is 0.101. The molecular formula is C10H11N5O. The van der Waals surface area contributed by atoms with Gasteiger partial charge in [-0.15, -0.1) is 10.2 Å². The van der Waals surface area contributed by atoms with Crippen molar-refractivity contribution in [3.8, 4) is 0 Å². The first kappa shape index (κ1) is 10.3. The number of hydrogen-bond donors (Lipinski definition) is 2. The summed E-state index contributed by atoms with van der Waals surface area (Å²) in [6.45, 7) is 4.00. The second-order valence-corrected chi connectivity index (χ2v) is 3.49. The number of nitrogens with one attached hydrogen (secondary N) is 2. The number of aromatic nitrogens is 4. The normalized spacial score (nSPS) is 10.1. The van der Waals surface area contributed by atoms with Crippen LogP contribution in [0.1, 0.15) is 21.7 Å². The quantitative estimate of drug-likeness (QED) is 0.788. The van der Waals surface area contributed by atoms with Crippen molar-refractivity contribution in [3.63, 3.8) is 0 Å². The Morgan fingerprint density at radius 1 is 1.31 bits per heavy atom. The number of amides is 1. The molecule has 1 aromatic heterocycles. The topological polar surface area (TPSA) is 83.6 Å². The Morgan fingerprint density at radius 2 is 2.12 bits per heavy atom. The first-order valence-corrected chi connectivity index (χ1v) is 4.79. The Kier molecular flexibility index (Phi) is 2.63. The van der Waals surface area contributed by atoms with Gasteiger partial charge in [0, 0.05) is 5.69 Å². The van der Waals surface area contributed by atoms with Gasteiger partial charge in [0.1, 0.15) is 0 Å². The third-order valence-electron chi connectivity index (χ3n) is 2.31. The molecule has 2 rings (SSSR count). The molecule has 0 fully saturated rings. The molecule has 0 aliphatic heterocycles. The van der Waals surface area contributed by atoms with Gasteiger partial charge in [-0.05, 0) is 42.3 Å². The summed E-state index contributed by atoms with van der Waals surface area (Å²) in [7, 11) is 0. The molecule has 2 N–H and O–H groups in total. The molecule has 0 bridgehead atoms. The molecule has 0 aliphatic rings. The third kappa shape index (κ3) is 2.05. The molecule has 0 spiro atoms. The van der Waals surface area contributed by atoms with Gasteiger partial charge in [-0.1, -0.05) is 6.07 Å². The van der Waals surface area contributed by atoms with E-state index in [4.69, 9.17) is 0 Å². The number of benzene rings is 1. The molecule has 6 heteroatoms. The standard InChI is InChI=1S/C10H11N5O/c1-6-3-4-8(5-7(6)2)11-10(16)9-12-14-15-13-9/h3-5H,1-2H3,(H,11,16)(H,12,13,14,15). The molecule has 0 aliphatic carbocycles. The van der Waals surface area contributed by atoms with E-state index in [2.05, 4.69) is 25.9 Å². The summed E-state index contributed by atoms with van der Waals surface area (Å²) in [4.78, 5) is 11.6. The summed E-state index contributed by atoms with van der Waals surface area (Å²) in [5.41, 5.74) is 3.02. The van der Waals surface area contributed by atoms with Gasteiger partial charge >= 0.3 is 0 Å². The van der Waals surface area contributed by atoms with E-state index in [1.165, 1.54) is 5.56 Å². The molecule has 0 saturated heterocycles. The average Bonchev–Trinajstić information content (AvgIpc) is 2.77. The minimum Gasteiger partial charge on any atom is -0.319 e. The molecule has 2 aromatic rings. The summed E-state index contributed by atoms with van der Waals surface area (Å²) in [5, 5.41) is 15.4. The number of aromatic amines is 1. The fraction of sp³-hybridized carbons (Fsp3) is 0.200. The predicted octanol–water partition coefficient (Wildman–Crippen LogP) is 1.07. The highest BCUT2D eigenvalue weighted by Gasteiger charge is 2.10. The molecule has 0 radical (unpaired) electrons. The van der Waals surface area contributed by atoms with Crippen LogP contribution in [0, 0.1) is 13.8 Å². The van der Waals surface area contributed by atoms with Crippen LogP contribution in [0.2, 0.25) is 0 Å². The Labute approximate surface area is 92.1 Å². The lowest BCUT2D eigenvalue weighted by Crippen LogP contribution is -2.13. The number of rotatable bonds is 2. The van der Waals surface area contributed by atoms with Crippen LogP contribution >= 0.6 is 0 Å². The van der Waals surface area contributed by atoms with Crippen molar-refractivity contribution in [2.24, 2.45) is 0 Å². The van der Waals surface area contributed by atoms with Crippen LogP contribution in [-0.2, 0) is 0 Å². The minimum absolute atomic E-state index is 0.0261. The number of tetrazole rings is 1. The number of anilines is 1. The van der Waals surface area contributed by atoms with Crippen LogP contribution in [0.4, 0.5) is 5.69 Å². The van der Waals surface area contributed by atoms with E-state index in [-0.39, 0.29) is 11.7 Å². The highest BCUT2D eigenvalue weighted by Crippen LogP contribution is 2.14. The van der Waals surface area contributed by atoms with Crippen molar-refractivity contribution in [2.75, 3.05) is 5.32 Å². The largest absolute Gasteiger partial charge is 0.319 e. The highest BCUT2D eigenvalue weighted by atomic mass is 16.2. The van der Waals surface area contributed by atoms with Crippen molar-refractivity contribution in [3.05, 3.63) is 35.2 Å². The number of carbonyl (C=O) groups excluding carboxylic acids is 1. The maximum absolute atomic E-state index is 11.6. The lowest BCUT2D eigenvalue weighted by Gasteiger charge is -2.05. The number of H-pyrrole nitrogens is 1. The SMILES string of the molecule is Cc1ccc(NC(=O)c2nn[nH]n2)cc1C. The van der Waals surface area contributed by atoms with Gasteiger partial charge in [0.05, 0.1) is 0 Å². The number of nitrogens with zero attached hydrogens (tertiary/aromatic N) is 3. The fourth-order valence-corrected chi connectivity index (χ4v) is 1.26. The van der Waals surface area contributed by atoms with E-state index in [1.807, 2.05) is 32.0 Å². The molecule has 1 amide bonds.